The Balaban J connectivity index is 2.54. The summed E-state index contributed by atoms with van der Waals surface area (Å²) >= 11 is 5.93. The van der Waals surface area contributed by atoms with Crippen molar-refractivity contribution in [2.24, 2.45) is 0 Å². The average Bonchev–Trinajstić information content (AvgIpc) is 2.26. The molecule has 0 atom stereocenters. The molecule has 16 heavy (non-hydrogen) atoms. The minimum absolute atomic E-state index is 0.302. The quantitative estimate of drug-likeness (QED) is 0.641. The Bertz CT molecular complexity index is 578. The van der Waals surface area contributed by atoms with Crippen LogP contribution in [0, 0.1) is 0 Å². The highest BCUT2D eigenvalue weighted by Crippen LogP contribution is 2.21. The molecule has 0 aliphatic rings. The number of nitrogens with zero attached hydrogens (tertiary/aromatic N) is 1. The molecule has 4 heteroatoms. The van der Waals surface area contributed by atoms with Gasteiger partial charge in [-0.1, -0.05) is 29.8 Å². The molecule has 3 nitrogen and oxygen atoms in total. The number of rotatable bonds is 2. The molecule has 0 saturated heterocycles. The molecule has 1 N–H and O–H groups in total. The molecule has 0 aliphatic heterocycles. The maximum absolute atomic E-state index is 10.4. The molecule has 0 amide bonds. The van der Waals surface area contributed by atoms with Crippen LogP contribution in [-0.4, -0.2) is 16.1 Å². The summed E-state index contributed by atoms with van der Waals surface area (Å²) in [6, 6.07) is 9.33. The van der Waals surface area contributed by atoms with Gasteiger partial charge in [-0.05, 0) is 18.2 Å². The van der Waals surface area contributed by atoms with E-state index in [4.69, 9.17) is 16.7 Å². The molecule has 0 spiro atoms. The van der Waals surface area contributed by atoms with Crippen molar-refractivity contribution < 1.29 is 9.90 Å². The molecule has 0 unspecified atom stereocenters. The van der Waals surface area contributed by atoms with E-state index in [1.807, 2.05) is 30.3 Å². The third-order valence-electron chi connectivity index (χ3n) is 2.11. The minimum atomic E-state index is -1.01. The number of aliphatic carboxylic acids is 1. The van der Waals surface area contributed by atoms with Gasteiger partial charge >= 0.3 is 5.97 Å². The van der Waals surface area contributed by atoms with Gasteiger partial charge in [0.05, 0.1) is 5.52 Å². The van der Waals surface area contributed by atoms with Crippen molar-refractivity contribution in [2.45, 2.75) is 0 Å². The number of aromatic nitrogens is 1. The lowest BCUT2D eigenvalue weighted by Crippen LogP contribution is -1.88. The summed E-state index contributed by atoms with van der Waals surface area (Å²) in [5.74, 6) is -1.01. The number of para-hydroxylation sites is 1. The van der Waals surface area contributed by atoms with Crippen molar-refractivity contribution in [3.05, 3.63) is 47.1 Å². The van der Waals surface area contributed by atoms with Crippen LogP contribution in [-0.2, 0) is 4.79 Å². The second-order valence-electron chi connectivity index (χ2n) is 3.23. The summed E-state index contributed by atoms with van der Waals surface area (Å²) < 4.78 is 0. The smallest absolute Gasteiger partial charge is 0.328 e. The number of carboxylic acid groups (broad SMARTS) is 1. The molecule has 80 valence electrons. The lowest BCUT2D eigenvalue weighted by atomic mass is 10.1. The Morgan fingerprint density at radius 2 is 2.12 bits per heavy atom. The van der Waals surface area contributed by atoms with Crippen molar-refractivity contribution in [2.75, 3.05) is 0 Å². The lowest BCUT2D eigenvalue weighted by molar-refractivity contribution is -0.131. The molecule has 1 aromatic heterocycles. The third kappa shape index (κ3) is 2.20. The molecule has 2 rings (SSSR count). The van der Waals surface area contributed by atoms with Gasteiger partial charge in [0.15, 0.2) is 0 Å². The van der Waals surface area contributed by atoms with Crippen molar-refractivity contribution in [1.82, 2.24) is 4.98 Å². The van der Waals surface area contributed by atoms with Gasteiger partial charge in [-0.3, -0.25) is 0 Å². The predicted molar refractivity (Wildman–Crippen MR) is 63.4 cm³/mol. The Morgan fingerprint density at radius 3 is 2.88 bits per heavy atom. The topological polar surface area (TPSA) is 50.2 Å². The zero-order chi connectivity index (χ0) is 11.5. The summed E-state index contributed by atoms with van der Waals surface area (Å²) in [6.07, 6.45) is 2.47. The van der Waals surface area contributed by atoms with E-state index in [1.165, 1.54) is 6.08 Å². The number of carbonyl (C=O) groups is 1. The van der Waals surface area contributed by atoms with Crippen LogP contribution in [0.5, 0.6) is 0 Å². The molecular formula is C12H8ClNO2. The molecule has 0 saturated carbocycles. The van der Waals surface area contributed by atoms with E-state index in [2.05, 4.69) is 4.98 Å². The molecule has 0 bridgehead atoms. The number of halogens is 1. The molecule has 0 fully saturated rings. The van der Waals surface area contributed by atoms with Crippen LogP contribution in [0.25, 0.3) is 17.0 Å². The highest BCUT2D eigenvalue weighted by molar-refractivity contribution is 6.31. The summed E-state index contributed by atoms with van der Waals surface area (Å²) in [7, 11) is 0. The van der Waals surface area contributed by atoms with Crippen LogP contribution in [0.1, 0.15) is 5.56 Å². The van der Waals surface area contributed by atoms with E-state index >= 15 is 0 Å². The summed E-state index contributed by atoms with van der Waals surface area (Å²) in [4.78, 5) is 14.6. The monoisotopic (exact) mass is 233 g/mol. The first-order valence-corrected chi connectivity index (χ1v) is 5.01. The highest BCUT2D eigenvalue weighted by atomic mass is 35.5. The van der Waals surface area contributed by atoms with Crippen LogP contribution in [0.15, 0.2) is 36.4 Å². The largest absolute Gasteiger partial charge is 0.478 e. The normalized spacial score (nSPS) is 11.1. The molecular weight excluding hydrogens is 226 g/mol. The number of fused-ring (bicyclic) bond motifs is 1. The van der Waals surface area contributed by atoms with Crippen LogP contribution >= 0.6 is 11.6 Å². The first-order chi connectivity index (χ1) is 7.66. The number of hydrogen-bond acceptors (Lipinski definition) is 2. The Morgan fingerprint density at radius 1 is 1.38 bits per heavy atom. The van der Waals surface area contributed by atoms with Gasteiger partial charge < -0.3 is 5.11 Å². The van der Waals surface area contributed by atoms with Gasteiger partial charge in [0.2, 0.25) is 0 Å². The summed E-state index contributed by atoms with van der Waals surface area (Å²) in [5, 5.41) is 9.76. The Labute approximate surface area is 97.0 Å². The summed E-state index contributed by atoms with van der Waals surface area (Å²) in [6.45, 7) is 0. The molecule has 0 radical (unpaired) electrons. The van der Waals surface area contributed by atoms with Gasteiger partial charge in [-0.2, -0.15) is 0 Å². The van der Waals surface area contributed by atoms with Crippen molar-refractivity contribution >= 4 is 34.5 Å². The number of pyridine rings is 1. The molecule has 1 aromatic carbocycles. The van der Waals surface area contributed by atoms with E-state index in [1.54, 1.807) is 0 Å². The Kier molecular flexibility index (Phi) is 2.88. The lowest BCUT2D eigenvalue weighted by Gasteiger charge is -2.01. The first kappa shape index (κ1) is 10.6. The first-order valence-electron chi connectivity index (χ1n) is 4.63. The average molecular weight is 234 g/mol. The SMILES string of the molecule is O=C(O)/C=C/c1cc2ccccc2nc1Cl. The second kappa shape index (κ2) is 4.33. The van der Waals surface area contributed by atoms with Crippen LogP contribution < -0.4 is 0 Å². The molecule has 1 heterocycles. The van der Waals surface area contributed by atoms with Crippen LogP contribution in [0.4, 0.5) is 0 Å². The van der Waals surface area contributed by atoms with Crippen molar-refractivity contribution in [3.8, 4) is 0 Å². The van der Waals surface area contributed by atoms with E-state index in [0.717, 1.165) is 17.0 Å². The van der Waals surface area contributed by atoms with Gasteiger partial charge in [0.25, 0.3) is 0 Å². The molecule has 0 aliphatic carbocycles. The van der Waals surface area contributed by atoms with Gasteiger partial charge in [0, 0.05) is 17.0 Å². The summed E-state index contributed by atoms with van der Waals surface area (Å²) in [5.41, 5.74) is 1.39. The molecule has 2 aromatic rings. The van der Waals surface area contributed by atoms with E-state index < -0.39 is 5.97 Å². The van der Waals surface area contributed by atoms with E-state index in [0.29, 0.717) is 10.7 Å². The van der Waals surface area contributed by atoms with Gasteiger partial charge in [-0.15, -0.1) is 0 Å². The number of carboxylic acids is 1. The van der Waals surface area contributed by atoms with Crippen molar-refractivity contribution in [3.63, 3.8) is 0 Å². The zero-order valence-electron chi connectivity index (χ0n) is 8.22. The fourth-order valence-corrected chi connectivity index (χ4v) is 1.60. The maximum Gasteiger partial charge on any atom is 0.328 e. The van der Waals surface area contributed by atoms with E-state index in [-0.39, 0.29) is 0 Å². The van der Waals surface area contributed by atoms with Crippen LogP contribution in [0.2, 0.25) is 5.15 Å². The second-order valence-corrected chi connectivity index (χ2v) is 3.59. The predicted octanol–water partition coefficient (Wildman–Crippen LogP) is 2.99. The number of benzene rings is 1. The Hall–Kier alpha value is -1.87. The fourth-order valence-electron chi connectivity index (χ4n) is 1.39. The maximum atomic E-state index is 10.4. The van der Waals surface area contributed by atoms with Gasteiger partial charge in [0.1, 0.15) is 5.15 Å². The highest BCUT2D eigenvalue weighted by Gasteiger charge is 2.02. The van der Waals surface area contributed by atoms with Crippen molar-refractivity contribution in [1.29, 1.82) is 0 Å². The standard InChI is InChI=1S/C12H8ClNO2/c13-12-9(5-6-11(15)16)7-8-3-1-2-4-10(8)14-12/h1-7H,(H,15,16)/b6-5+. The number of hydrogen-bond donors (Lipinski definition) is 1. The van der Waals surface area contributed by atoms with Gasteiger partial charge in [-0.25, -0.2) is 9.78 Å². The van der Waals surface area contributed by atoms with E-state index in [9.17, 15) is 4.79 Å². The minimum Gasteiger partial charge on any atom is -0.478 e. The third-order valence-corrected chi connectivity index (χ3v) is 2.41. The zero-order valence-corrected chi connectivity index (χ0v) is 8.98. The van der Waals surface area contributed by atoms with Crippen LogP contribution in [0.3, 0.4) is 0 Å². The fraction of sp³-hybridized carbons (Fsp3) is 0.